The molecule has 0 aromatic heterocycles. The first kappa shape index (κ1) is 16.9. The average molecular weight is 282 g/mol. The van der Waals surface area contributed by atoms with Gasteiger partial charge in [0.25, 0.3) is 0 Å². The van der Waals surface area contributed by atoms with Crippen molar-refractivity contribution in [3.63, 3.8) is 0 Å². The van der Waals surface area contributed by atoms with Crippen LogP contribution in [0.1, 0.15) is 32.8 Å². The summed E-state index contributed by atoms with van der Waals surface area (Å²) in [6.45, 7) is 8.49. The summed E-state index contributed by atoms with van der Waals surface area (Å²) in [7, 11) is 4.08. The molecule has 0 unspecified atom stereocenters. The van der Waals surface area contributed by atoms with Crippen molar-refractivity contribution in [1.82, 2.24) is 10.2 Å². The predicted octanol–water partition coefficient (Wildman–Crippen LogP) is 3.04. The van der Waals surface area contributed by atoms with Crippen molar-refractivity contribution < 1.29 is 9.13 Å². The van der Waals surface area contributed by atoms with E-state index in [9.17, 15) is 4.39 Å². The van der Waals surface area contributed by atoms with E-state index in [2.05, 4.69) is 31.0 Å². The van der Waals surface area contributed by atoms with Gasteiger partial charge in [0.05, 0.1) is 6.61 Å². The zero-order valence-electron chi connectivity index (χ0n) is 13.3. The van der Waals surface area contributed by atoms with E-state index >= 15 is 0 Å². The van der Waals surface area contributed by atoms with Gasteiger partial charge in [0, 0.05) is 24.2 Å². The van der Waals surface area contributed by atoms with E-state index in [0.717, 1.165) is 24.3 Å². The Hall–Kier alpha value is -1.13. The van der Waals surface area contributed by atoms with Crippen molar-refractivity contribution >= 4 is 0 Å². The van der Waals surface area contributed by atoms with Gasteiger partial charge in [0.2, 0.25) is 0 Å². The van der Waals surface area contributed by atoms with Gasteiger partial charge >= 0.3 is 0 Å². The third kappa shape index (κ3) is 6.87. The summed E-state index contributed by atoms with van der Waals surface area (Å²) in [5.74, 6) is 0.540. The Balaban J connectivity index is 2.60. The van der Waals surface area contributed by atoms with E-state index in [0.29, 0.717) is 13.2 Å². The topological polar surface area (TPSA) is 24.5 Å². The number of hydrogen-bond donors (Lipinski definition) is 1. The number of rotatable bonds is 7. The maximum atomic E-state index is 13.4. The highest BCUT2D eigenvalue weighted by atomic mass is 19.1. The third-order valence-electron chi connectivity index (χ3n) is 2.84. The Kier molecular flexibility index (Phi) is 6.43. The van der Waals surface area contributed by atoms with E-state index in [-0.39, 0.29) is 11.4 Å². The molecule has 1 aromatic rings. The zero-order chi connectivity index (χ0) is 15.2. The minimum absolute atomic E-state index is 0.00545. The van der Waals surface area contributed by atoms with Crippen LogP contribution in [0.3, 0.4) is 0 Å². The van der Waals surface area contributed by atoms with E-state index in [4.69, 9.17) is 4.74 Å². The summed E-state index contributed by atoms with van der Waals surface area (Å²) < 4.78 is 19.1. The quantitative estimate of drug-likeness (QED) is 0.778. The number of benzene rings is 1. The highest BCUT2D eigenvalue weighted by Gasteiger charge is 2.12. The highest BCUT2D eigenvalue weighted by molar-refractivity contribution is 5.34. The number of halogens is 1. The maximum absolute atomic E-state index is 13.4. The van der Waals surface area contributed by atoms with Gasteiger partial charge in [-0.3, -0.25) is 0 Å². The molecule has 1 N–H and O–H groups in total. The number of nitrogens with one attached hydrogen (secondary N) is 1. The van der Waals surface area contributed by atoms with Gasteiger partial charge in [0.1, 0.15) is 11.6 Å². The smallest absolute Gasteiger partial charge is 0.123 e. The molecule has 0 aliphatic heterocycles. The van der Waals surface area contributed by atoms with E-state index < -0.39 is 0 Å². The molecule has 0 saturated carbocycles. The summed E-state index contributed by atoms with van der Waals surface area (Å²) in [5.41, 5.74) is 0.860. The van der Waals surface area contributed by atoms with E-state index in [1.807, 2.05) is 14.1 Å². The second-order valence-electron chi connectivity index (χ2n) is 6.36. The number of ether oxygens (including phenoxy) is 1. The van der Waals surface area contributed by atoms with E-state index in [1.54, 1.807) is 12.1 Å². The van der Waals surface area contributed by atoms with Crippen molar-refractivity contribution in [2.45, 2.75) is 39.3 Å². The van der Waals surface area contributed by atoms with Gasteiger partial charge in [-0.1, -0.05) is 0 Å². The normalized spacial score (nSPS) is 11.9. The standard InChI is InChI=1S/C16H27FN2O/c1-16(2,3)18-12-13-11-14(17)7-8-15(13)20-10-6-9-19(4)5/h7-8,11,18H,6,9-10,12H2,1-5H3. The summed E-state index contributed by atoms with van der Waals surface area (Å²) in [6, 6.07) is 4.70. The first-order valence-electron chi connectivity index (χ1n) is 7.09. The predicted molar refractivity (Wildman–Crippen MR) is 81.7 cm³/mol. The van der Waals surface area contributed by atoms with Gasteiger partial charge in [-0.05, 0) is 59.5 Å². The molecular formula is C16H27FN2O. The van der Waals surface area contributed by atoms with Crippen molar-refractivity contribution in [1.29, 1.82) is 0 Å². The lowest BCUT2D eigenvalue weighted by Crippen LogP contribution is -2.35. The van der Waals surface area contributed by atoms with Gasteiger partial charge in [0.15, 0.2) is 0 Å². The molecular weight excluding hydrogens is 255 g/mol. The van der Waals surface area contributed by atoms with Crippen molar-refractivity contribution in [2.75, 3.05) is 27.2 Å². The molecule has 0 aliphatic carbocycles. The van der Waals surface area contributed by atoms with Gasteiger partial charge in [-0.2, -0.15) is 0 Å². The first-order chi connectivity index (χ1) is 9.28. The Morgan fingerprint density at radius 1 is 1.25 bits per heavy atom. The Bertz CT molecular complexity index is 413. The molecule has 0 bridgehead atoms. The lowest BCUT2D eigenvalue weighted by Gasteiger charge is -2.22. The monoisotopic (exact) mass is 282 g/mol. The van der Waals surface area contributed by atoms with Gasteiger partial charge in [-0.15, -0.1) is 0 Å². The van der Waals surface area contributed by atoms with Crippen LogP contribution in [-0.2, 0) is 6.54 Å². The van der Waals surface area contributed by atoms with Crippen LogP contribution in [0, 0.1) is 5.82 Å². The van der Waals surface area contributed by atoms with E-state index in [1.165, 1.54) is 6.07 Å². The molecule has 1 aromatic carbocycles. The number of nitrogens with zero attached hydrogens (tertiary/aromatic N) is 1. The molecule has 0 heterocycles. The average Bonchev–Trinajstić information content (AvgIpc) is 2.32. The fraction of sp³-hybridized carbons (Fsp3) is 0.625. The molecule has 0 aliphatic rings. The van der Waals surface area contributed by atoms with Crippen LogP contribution in [-0.4, -0.2) is 37.7 Å². The Morgan fingerprint density at radius 2 is 1.95 bits per heavy atom. The van der Waals surface area contributed by atoms with Gasteiger partial charge in [-0.25, -0.2) is 4.39 Å². The molecule has 0 saturated heterocycles. The largest absolute Gasteiger partial charge is 0.493 e. The van der Waals surface area contributed by atoms with Crippen molar-refractivity contribution in [3.8, 4) is 5.75 Å². The molecule has 0 fully saturated rings. The molecule has 114 valence electrons. The summed E-state index contributed by atoms with van der Waals surface area (Å²) in [5, 5.41) is 3.36. The molecule has 20 heavy (non-hydrogen) atoms. The second-order valence-corrected chi connectivity index (χ2v) is 6.36. The summed E-state index contributed by atoms with van der Waals surface area (Å²) >= 11 is 0. The third-order valence-corrected chi connectivity index (χ3v) is 2.84. The molecule has 0 spiro atoms. The van der Waals surface area contributed by atoms with Crippen LogP contribution in [0.5, 0.6) is 5.75 Å². The van der Waals surface area contributed by atoms with Crippen molar-refractivity contribution in [3.05, 3.63) is 29.6 Å². The first-order valence-corrected chi connectivity index (χ1v) is 7.09. The fourth-order valence-electron chi connectivity index (χ4n) is 1.75. The Morgan fingerprint density at radius 3 is 2.55 bits per heavy atom. The lowest BCUT2D eigenvalue weighted by atomic mass is 10.1. The molecule has 0 radical (unpaired) electrons. The van der Waals surface area contributed by atoms with Crippen LogP contribution >= 0.6 is 0 Å². The fourth-order valence-corrected chi connectivity index (χ4v) is 1.75. The Labute approximate surface area is 122 Å². The van der Waals surface area contributed by atoms with Crippen LogP contribution in [0.25, 0.3) is 0 Å². The van der Waals surface area contributed by atoms with Crippen LogP contribution in [0.2, 0.25) is 0 Å². The molecule has 3 nitrogen and oxygen atoms in total. The minimum atomic E-state index is -0.226. The van der Waals surface area contributed by atoms with Crippen LogP contribution < -0.4 is 10.1 Å². The lowest BCUT2D eigenvalue weighted by molar-refractivity contribution is 0.277. The molecule has 0 atom stereocenters. The van der Waals surface area contributed by atoms with Crippen LogP contribution in [0.15, 0.2) is 18.2 Å². The minimum Gasteiger partial charge on any atom is -0.493 e. The zero-order valence-corrected chi connectivity index (χ0v) is 13.3. The summed E-state index contributed by atoms with van der Waals surface area (Å²) in [4.78, 5) is 2.12. The van der Waals surface area contributed by atoms with Gasteiger partial charge < -0.3 is 15.0 Å². The SMILES string of the molecule is CN(C)CCCOc1ccc(F)cc1CNC(C)(C)C. The van der Waals surface area contributed by atoms with Crippen molar-refractivity contribution in [2.24, 2.45) is 0 Å². The highest BCUT2D eigenvalue weighted by Crippen LogP contribution is 2.20. The summed E-state index contributed by atoms with van der Waals surface area (Å²) in [6.07, 6.45) is 0.955. The number of hydrogen-bond acceptors (Lipinski definition) is 3. The molecule has 1 rings (SSSR count). The second kappa shape index (κ2) is 7.60. The van der Waals surface area contributed by atoms with Crippen LogP contribution in [0.4, 0.5) is 4.39 Å². The molecule has 4 heteroatoms. The maximum Gasteiger partial charge on any atom is 0.123 e. The molecule has 0 amide bonds.